The van der Waals surface area contributed by atoms with E-state index in [1.807, 2.05) is 0 Å². The molecule has 1 aliphatic rings. The summed E-state index contributed by atoms with van der Waals surface area (Å²) in [5.74, 6) is 0.728. The van der Waals surface area contributed by atoms with Crippen molar-refractivity contribution in [1.82, 2.24) is 4.72 Å². The van der Waals surface area contributed by atoms with Gasteiger partial charge in [-0.15, -0.1) is 0 Å². The number of aryl methyl sites for hydroxylation is 1. The Morgan fingerprint density at radius 1 is 1.47 bits per heavy atom. The molecule has 0 spiro atoms. The highest BCUT2D eigenvalue weighted by molar-refractivity contribution is 8.15. The smallest absolute Gasteiger partial charge is 0.261 e. The molecule has 1 aliphatic heterocycles. The Morgan fingerprint density at radius 2 is 2.21 bits per heavy atom. The van der Waals surface area contributed by atoms with E-state index in [4.69, 9.17) is 0 Å². The second-order valence-corrected chi connectivity index (χ2v) is 6.61. The first-order valence-electron chi connectivity index (χ1n) is 5.35. The molecule has 19 heavy (non-hydrogen) atoms. The van der Waals surface area contributed by atoms with Crippen LogP contribution in [0.5, 0.6) is 0 Å². The Morgan fingerprint density at radius 3 is 2.79 bits per heavy atom. The second kappa shape index (κ2) is 5.17. The van der Waals surface area contributed by atoms with Crippen LogP contribution in [-0.4, -0.2) is 30.8 Å². The van der Waals surface area contributed by atoms with Crippen LogP contribution in [0.25, 0.3) is 0 Å². The largest absolute Gasteiger partial charge is 0.273 e. The van der Waals surface area contributed by atoms with Gasteiger partial charge in [0, 0.05) is 17.4 Å². The van der Waals surface area contributed by atoms with Crippen LogP contribution in [0.15, 0.2) is 28.1 Å². The number of hydrogen-bond acceptors (Lipinski definition) is 6. The molecule has 0 amide bonds. The van der Waals surface area contributed by atoms with Crippen LogP contribution in [0.1, 0.15) is 5.56 Å². The van der Waals surface area contributed by atoms with Gasteiger partial charge >= 0.3 is 0 Å². The van der Waals surface area contributed by atoms with Gasteiger partial charge in [-0.1, -0.05) is 17.8 Å². The molecule has 0 radical (unpaired) electrons. The number of hydrogen-bond donors (Lipinski definition) is 1. The Kier molecular flexibility index (Phi) is 3.76. The van der Waals surface area contributed by atoms with E-state index in [1.165, 1.54) is 23.9 Å². The van der Waals surface area contributed by atoms with Gasteiger partial charge in [-0.05, 0) is 13.0 Å². The molecule has 1 aromatic rings. The average Bonchev–Trinajstić information content (AvgIpc) is 2.80. The molecule has 0 unspecified atom stereocenters. The van der Waals surface area contributed by atoms with Crippen LogP contribution in [0.4, 0.5) is 5.69 Å². The highest BCUT2D eigenvalue weighted by Gasteiger charge is 2.22. The van der Waals surface area contributed by atoms with Gasteiger partial charge in [0.2, 0.25) is 0 Å². The number of nitro groups is 1. The zero-order valence-electron chi connectivity index (χ0n) is 9.99. The fourth-order valence-electron chi connectivity index (χ4n) is 1.52. The lowest BCUT2D eigenvalue weighted by molar-refractivity contribution is -0.385. The number of nitrogens with zero attached hydrogens (tertiary/aromatic N) is 2. The van der Waals surface area contributed by atoms with Crippen molar-refractivity contribution < 1.29 is 13.3 Å². The van der Waals surface area contributed by atoms with Gasteiger partial charge in [-0.2, -0.15) is 0 Å². The van der Waals surface area contributed by atoms with Gasteiger partial charge in [0.05, 0.1) is 16.4 Å². The molecule has 2 rings (SSSR count). The van der Waals surface area contributed by atoms with Crippen molar-refractivity contribution in [2.45, 2.75) is 11.8 Å². The van der Waals surface area contributed by atoms with Gasteiger partial charge < -0.3 is 0 Å². The van der Waals surface area contributed by atoms with Crippen molar-refractivity contribution in [2.24, 2.45) is 4.99 Å². The van der Waals surface area contributed by atoms with E-state index in [0.717, 1.165) is 11.8 Å². The van der Waals surface area contributed by atoms with Gasteiger partial charge in [-0.25, -0.2) is 8.42 Å². The highest BCUT2D eigenvalue weighted by Crippen LogP contribution is 2.22. The maximum Gasteiger partial charge on any atom is 0.273 e. The monoisotopic (exact) mass is 301 g/mol. The van der Waals surface area contributed by atoms with Crippen LogP contribution < -0.4 is 4.72 Å². The number of sulfonamides is 1. The van der Waals surface area contributed by atoms with Crippen LogP contribution in [0, 0.1) is 17.0 Å². The topological polar surface area (TPSA) is 102 Å². The van der Waals surface area contributed by atoms with Crippen LogP contribution in [0.3, 0.4) is 0 Å². The van der Waals surface area contributed by atoms with Crippen LogP contribution in [-0.2, 0) is 10.0 Å². The maximum atomic E-state index is 12.0. The third-order valence-corrected chi connectivity index (χ3v) is 4.85. The number of aliphatic imine (C=N–C) groups is 1. The standard InChI is InChI=1S/C10H11N3O4S2/c1-7-2-3-8(6-9(7)13(14)15)19(16,17)12-10-11-4-5-18-10/h2-3,6H,4-5H2,1H3,(H,11,12). The summed E-state index contributed by atoms with van der Waals surface area (Å²) in [5.41, 5.74) is 0.195. The van der Waals surface area contributed by atoms with Gasteiger partial charge in [0.15, 0.2) is 5.17 Å². The molecule has 102 valence electrons. The summed E-state index contributed by atoms with van der Waals surface area (Å²) in [7, 11) is -3.82. The van der Waals surface area contributed by atoms with Crippen LogP contribution >= 0.6 is 11.8 Å². The molecule has 0 aliphatic carbocycles. The summed E-state index contributed by atoms with van der Waals surface area (Å²) in [4.78, 5) is 14.0. The number of rotatable bonds is 3. The van der Waals surface area contributed by atoms with E-state index >= 15 is 0 Å². The fourth-order valence-corrected chi connectivity index (χ4v) is 3.57. The van der Waals surface area contributed by atoms with E-state index in [-0.39, 0.29) is 10.6 Å². The van der Waals surface area contributed by atoms with E-state index in [2.05, 4.69) is 9.71 Å². The zero-order chi connectivity index (χ0) is 14.0. The maximum absolute atomic E-state index is 12.0. The third kappa shape index (κ3) is 3.04. The summed E-state index contributed by atoms with van der Waals surface area (Å²) >= 11 is 1.30. The lowest BCUT2D eigenvalue weighted by atomic mass is 10.2. The summed E-state index contributed by atoms with van der Waals surface area (Å²) in [6, 6.07) is 3.80. The summed E-state index contributed by atoms with van der Waals surface area (Å²) in [5, 5.41) is 11.1. The van der Waals surface area contributed by atoms with E-state index in [1.54, 1.807) is 6.92 Å². The van der Waals surface area contributed by atoms with Crippen molar-refractivity contribution >= 4 is 32.6 Å². The minimum Gasteiger partial charge on any atom is -0.261 e. The van der Waals surface area contributed by atoms with Gasteiger partial charge in [0.1, 0.15) is 0 Å². The lowest BCUT2D eigenvalue weighted by Crippen LogP contribution is -2.27. The number of amidine groups is 1. The van der Waals surface area contributed by atoms with Crippen molar-refractivity contribution in [1.29, 1.82) is 0 Å². The molecule has 9 heteroatoms. The number of benzene rings is 1. The van der Waals surface area contributed by atoms with Gasteiger partial charge in [0.25, 0.3) is 15.7 Å². The Hall–Kier alpha value is -1.61. The molecule has 0 fully saturated rings. The highest BCUT2D eigenvalue weighted by atomic mass is 32.2. The molecule has 0 saturated heterocycles. The normalized spacial score (nSPS) is 15.1. The molecule has 0 aromatic heterocycles. The van der Waals surface area contributed by atoms with Crippen molar-refractivity contribution in [3.05, 3.63) is 33.9 Å². The molecule has 1 aromatic carbocycles. The minimum atomic E-state index is -3.82. The van der Waals surface area contributed by atoms with Crippen molar-refractivity contribution in [3.8, 4) is 0 Å². The van der Waals surface area contributed by atoms with Crippen LogP contribution in [0.2, 0.25) is 0 Å². The summed E-state index contributed by atoms with van der Waals surface area (Å²) in [6.07, 6.45) is 0. The SMILES string of the molecule is Cc1ccc(S(=O)(=O)NC2=NCCS2)cc1[N+](=O)[O-]. The van der Waals surface area contributed by atoms with Crippen molar-refractivity contribution in [3.63, 3.8) is 0 Å². The molecule has 0 atom stereocenters. The quantitative estimate of drug-likeness (QED) is 0.669. The van der Waals surface area contributed by atoms with E-state index in [0.29, 0.717) is 17.3 Å². The molecule has 0 saturated carbocycles. The number of nitrogens with one attached hydrogen (secondary N) is 1. The molecular weight excluding hydrogens is 290 g/mol. The van der Waals surface area contributed by atoms with Crippen molar-refractivity contribution in [2.75, 3.05) is 12.3 Å². The van der Waals surface area contributed by atoms with E-state index in [9.17, 15) is 18.5 Å². The first-order valence-corrected chi connectivity index (χ1v) is 7.82. The first kappa shape index (κ1) is 13.8. The first-order chi connectivity index (χ1) is 8.90. The lowest BCUT2D eigenvalue weighted by Gasteiger charge is -2.07. The zero-order valence-corrected chi connectivity index (χ0v) is 11.6. The van der Waals surface area contributed by atoms with E-state index < -0.39 is 14.9 Å². The predicted molar refractivity (Wildman–Crippen MR) is 72.9 cm³/mol. The minimum absolute atomic E-state index is 0.139. The number of nitro benzene ring substituents is 1. The second-order valence-electron chi connectivity index (χ2n) is 3.85. The Labute approximate surface area is 114 Å². The summed E-state index contributed by atoms with van der Waals surface area (Å²) < 4.78 is 26.4. The Bertz CT molecular complexity index is 655. The fraction of sp³-hybridized carbons (Fsp3) is 0.300. The molecule has 1 N–H and O–H groups in total. The number of thioether (sulfide) groups is 1. The molecular formula is C10H11N3O4S2. The molecule has 1 heterocycles. The molecule has 0 bridgehead atoms. The summed E-state index contributed by atoms with van der Waals surface area (Å²) in [6.45, 7) is 2.12. The Balaban J connectivity index is 2.35. The van der Waals surface area contributed by atoms with Gasteiger partial charge in [-0.3, -0.25) is 19.8 Å². The third-order valence-electron chi connectivity index (χ3n) is 2.49. The average molecular weight is 301 g/mol. The predicted octanol–water partition coefficient (Wildman–Crippen LogP) is 1.28. The molecule has 7 nitrogen and oxygen atoms in total.